The second kappa shape index (κ2) is 8.52. The Bertz CT molecular complexity index is 460. The molecule has 0 aromatic heterocycles. The molecule has 0 aliphatic rings. The number of phenolic OH excluding ortho intramolecular Hbond substituents is 1. The van der Waals surface area contributed by atoms with Crippen molar-refractivity contribution in [3.05, 3.63) is 23.8 Å². The van der Waals surface area contributed by atoms with Crippen LogP contribution in [0.4, 0.5) is 0 Å². The minimum absolute atomic E-state index is 0.0621. The first-order chi connectivity index (χ1) is 9.99. The predicted molar refractivity (Wildman–Crippen MR) is 81.5 cm³/mol. The quantitative estimate of drug-likeness (QED) is 0.722. The van der Waals surface area contributed by atoms with E-state index in [1.54, 1.807) is 19.1 Å². The molecule has 0 spiro atoms. The molecule has 5 nitrogen and oxygen atoms in total. The lowest BCUT2D eigenvalue weighted by atomic mass is 10.1. The fourth-order valence-corrected chi connectivity index (χ4v) is 1.90. The second-order valence-corrected chi connectivity index (χ2v) is 5.15. The molecule has 5 heteroatoms. The van der Waals surface area contributed by atoms with E-state index in [0.29, 0.717) is 31.4 Å². The maximum absolute atomic E-state index is 12.1. The lowest BCUT2D eigenvalue weighted by molar-refractivity contribution is -0.145. The summed E-state index contributed by atoms with van der Waals surface area (Å²) in [5.41, 5.74) is 0.718. The van der Waals surface area contributed by atoms with E-state index in [1.165, 1.54) is 6.07 Å². The molecule has 0 amide bonds. The number of esters is 1. The maximum Gasteiger partial charge on any atom is 0.327 e. The zero-order valence-corrected chi connectivity index (χ0v) is 13.2. The number of hydrogen-bond acceptors (Lipinski definition) is 5. The fraction of sp³-hybridized carbons (Fsp3) is 0.562. The first-order valence-electron chi connectivity index (χ1n) is 7.35. The lowest BCUT2D eigenvalue weighted by Crippen LogP contribution is -2.32. The molecule has 1 aromatic carbocycles. The molecule has 1 atom stereocenters. The molecule has 1 unspecified atom stereocenters. The van der Waals surface area contributed by atoms with Crippen LogP contribution in [0, 0.1) is 5.92 Å². The molecule has 0 saturated carbocycles. The van der Waals surface area contributed by atoms with Gasteiger partial charge in [-0.2, -0.15) is 0 Å². The number of hydrogen-bond donors (Lipinski definition) is 2. The Kier molecular flexibility index (Phi) is 7.02. The number of rotatable bonds is 8. The van der Waals surface area contributed by atoms with E-state index in [9.17, 15) is 9.90 Å². The average molecular weight is 295 g/mol. The monoisotopic (exact) mass is 295 g/mol. The van der Waals surface area contributed by atoms with Gasteiger partial charge >= 0.3 is 5.97 Å². The normalized spacial score (nSPS) is 12.2. The molecule has 0 aliphatic carbocycles. The number of benzene rings is 1. The summed E-state index contributed by atoms with van der Waals surface area (Å²) in [4.78, 5) is 12.1. The number of carbonyl (C=O) groups excluding carboxylic acids is 1. The maximum atomic E-state index is 12.1. The van der Waals surface area contributed by atoms with Crippen molar-refractivity contribution >= 4 is 5.97 Å². The Balaban J connectivity index is 3.00. The molecule has 2 N–H and O–H groups in total. The minimum atomic E-state index is -0.563. The van der Waals surface area contributed by atoms with E-state index in [2.05, 4.69) is 19.2 Å². The number of aromatic hydroxyl groups is 1. The van der Waals surface area contributed by atoms with E-state index in [4.69, 9.17) is 9.47 Å². The number of ether oxygens (including phenoxy) is 2. The predicted octanol–water partition coefficient (Wildman–Crippen LogP) is 2.64. The Morgan fingerprint density at radius 2 is 2.00 bits per heavy atom. The van der Waals surface area contributed by atoms with E-state index >= 15 is 0 Å². The molecular weight excluding hydrogens is 270 g/mol. The number of carbonyl (C=O) groups is 1. The third kappa shape index (κ3) is 5.27. The van der Waals surface area contributed by atoms with Gasteiger partial charge in [0, 0.05) is 0 Å². The van der Waals surface area contributed by atoms with Crippen molar-refractivity contribution in [2.45, 2.75) is 33.7 Å². The SMILES string of the molecule is CCOC(=O)C(NCC(C)C)c1ccc(O)c(OCC)c1. The molecule has 1 rings (SSSR count). The van der Waals surface area contributed by atoms with Gasteiger partial charge in [-0.15, -0.1) is 0 Å². The second-order valence-electron chi connectivity index (χ2n) is 5.15. The van der Waals surface area contributed by atoms with Gasteiger partial charge in [-0.3, -0.25) is 0 Å². The van der Waals surface area contributed by atoms with Crippen LogP contribution in [-0.4, -0.2) is 30.8 Å². The molecule has 0 aliphatic heterocycles. The van der Waals surface area contributed by atoms with E-state index in [1.807, 2.05) is 6.92 Å². The van der Waals surface area contributed by atoms with Gasteiger partial charge in [0.15, 0.2) is 11.5 Å². The van der Waals surface area contributed by atoms with E-state index in [-0.39, 0.29) is 11.7 Å². The zero-order valence-electron chi connectivity index (χ0n) is 13.2. The standard InChI is InChI=1S/C16H25NO4/c1-5-20-14-9-12(7-8-13(14)18)15(16(19)21-6-2)17-10-11(3)4/h7-9,11,15,17-18H,5-6,10H2,1-4H3. The summed E-state index contributed by atoms with van der Waals surface area (Å²) in [6, 6.07) is 4.34. The van der Waals surface area contributed by atoms with Gasteiger partial charge in [-0.25, -0.2) is 4.79 Å². The molecule has 0 radical (unpaired) electrons. The summed E-state index contributed by atoms with van der Waals surface area (Å²) in [5, 5.41) is 12.9. The van der Waals surface area contributed by atoms with Crippen LogP contribution in [0.5, 0.6) is 11.5 Å². The van der Waals surface area contributed by atoms with E-state index < -0.39 is 6.04 Å². The molecule has 118 valence electrons. The Hall–Kier alpha value is -1.75. The van der Waals surface area contributed by atoms with Gasteiger partial charge in [0.2, 0.25) is 0 Å². The van der Waals surface area contributed by atoms with Crippen LogP contribution in [0.1, 0.15) is 39.3 Å². The van der Waals surface area contributed by atoms with Crippen LogP contribution in [-0.2, 0) is 9.53 Å². The van der Waals surface area contributed by atoms with Crippen LogP contribution < -0.4 is 10.1 Å². The highest BCUT2D eigenvalue weighted by molar-refractivity contribution is 5.78. The lowest BCUT2D eigenvalue weighted by Gasteiger charge is -2.20. The van der Waals surface area contributed by atoms with Crippen molar-refractivity contribution in [1.82, 2.24) is 5.32 Å². The highest BCUT2D eigenvalue weighted by atomic mass is 16.5. The van der Waals surface area contributed by atoms with Crippen LogP contribution in [0.25, 0.3) is 0 Å². The molecular formula is C16H25NO4. The summed E-state index contributed by atoms with van der Waals surface area (Å²) in [7, 11) is 0. The average Bonchev–Trinajstić information content (AvgIpc) is 2.42. The smallest absolute Gasteiger partial charge is 0.327 e. The Labute approximate surface area is 126 Å². The summed E-state index contributed by atoms with van der Waals surface area (Å²) in [6.45, 7) is 9.21. The topological polar surface area (TPSA) is 67.8 Å². The van der Waals surface area contributed by atoms with Gasteiger partial charge in [0.1, 0.15) is 6.04 Å². The van der Waals surface area contributed by atoms with Gasteiger partial charge < -0.3 is 19.9 Å². The first-order valence-corrected chi connectivity index (χ1v) is 7.35. The summed E-state index contributed by atoms with van der Waals surface area (Å²) in [6.07, 6.45) is 0. The molecule has 0 heterocycles. The van der Waals surface area contributed by atoms with Crippen molar-refractivity contribution in [2.75, 3.05) is 19.8 Å². The first kappa shape index (κ1) is 17.3. The molecule has 21 heavy (non-hydrogen) atoms. The van der Waals surface area contributed by atoms with E-state index in [0.717, 1.165) is 5.56 Å². The van der Waals surface area contributed by atoms with Crippen LogP contribution in [0.15, 0.2) is 18.2 Å². The van der Waals surface area contributed by atoms with Gasteiger partial charge in [0.05, 0.1) is 13.2 Å². The van der Waals surface area contributed by atoms with Crippen molar-refractivity contribution in [2.24, 2.45) is 5.92 Å². The third-order valence-corrected chi connectivity index (χ3v) is 2.87. The van der Waals surface area contributed by atoms with Crippen molar-refractivity contribution in [1.29, 1.82) is 0 Å². The van der Waals surface area contributed by atoms with Crippen LogP contribution in [0.3, 0.4) is 0 Å². The van der Waals surface area contributed by atoms with Crippen molar-refractivity contribution in [3.63, 3.8) is 0 Å². The number of phenols is 1. The van der Waals surface area contributed by atoms with Gasteiger partial charge in [-0.05, 0) is 44.0 Å². The number of nitrogens with one attached hydrogen (secondary N) is 1. The highest BCUT2D eigenvalue weighted by Crippen LogP contribution is 2.29. The molecule has 0 fully saturated rings. The minimum Gasteiger partial charge on any atom is -0.504 e. The van der Waals surface area contributed by atoms with Crippen LogP contribution >= 0.6 is 0 Å². The molecule has 0 bridgehead atoms. The van der Waals surface area contributed by atoms with Crippen LogP contribution in [0.2, 0.25) is 0 Å². The van der Waals surface area contributed by atoms with Gasteiger partial charge in [0.25, 0.3) is 0 Å². The molecule has 1 aromatic rings. The summed E-state index contributed by atoms with van der Waals surface area (Å²) >= 11 is 0. The van der Waals surface area contributed by atoms with Crippen molar-refractivity contribution < 1.29 is 19.4 Å². The molecule has 0 saturated heterocycles. The highest BCUT2D eigenvalue weighted by Gasteiger charge is 2.23. The van der Waals surface area contributed by atoms with Crippen molar-refractivity contribution in [3.8, 4) is 11.5 Å². The largest absolute Gasteiger partial charge is 0.504 e. The Morgan fingerprint density at radius 1 is 1.29 bits per heavy atom. The summed E-state index contributed by atoms with van der Waals surface area (Å²) < 4.78 is 10.5. The van der Waals surface area contributed by atoms with Gasteiger partial charge in [-0.1, -0.05) is 19.9 Å². The zero-order chi connectivity index (χ0) is 15.8. The fourth-order valence-electron chi connectivity index (χ4n) is 1.90. The summed E-state index contributed by atoms with van der Waals surface area (Å²) in [5.74, 6) is 0.513. The Morgan fingerprint density at radius 3 is 2.57 bits per heavy atom. The third-order valence-electron chi connectivity index (χ3n) is 2.87.